The van der Waals surface area contributed by atoms with Crippen LogP contribution in [0.15, 0.2) is 99.9 Å². The Kier molecular flexibility index (Phi) is 9.31. The van der Waals surface area contributed by atoms with E-state index < -0.39 is 0 Å². The minimum absolute atomic E-state index is 0.318. The molecule has 2 N–H and O–H groups in total. The second-order valence-corrected chi connectivity index (χ2v) is 11.3. The maximum absolute atomic E-state index is 12.7. The van der Waals surface area contributed by atoms with Crippen molar-refractivity contribution in [2.24, 2.45) is 5.10 Å². The number of nitrogens with zero attached hydrogens (tertiary/aromatic N) is 2. The second-order valence-electron chi connectivity index (χ2n) is 9.62. The number of benzene rings is 4. The Morgan fingerprint density at radius 3 is 2.52 bits per heavy atom. The second kappa shape index (κ2) is 13.5. The first-order valence-corrected chi connectivity index (χ1v) is 14.8. The van der Waals surface area contributed by atoms with Crippen LogP contribution in [0.2, 0.25) is 0 Å². The highest BCUT2D eigenvalue weighted by Crippen LogP contribution is 2.37. The summed E-state index contributed by atoms with van der Waals surface area (Å²) in [7, 11) is 1.58. The average Bonchev–Trinajstić information content (AvgIpc) is 3.46. The lowest BCUT2D eigenvalue weighted by Crippen LogP contribution is -2.17. The minimum atomic E-state index is -0.318. The van der Waals surface area contributed by atoms with Gasteiger partial charge in [-0.05, 0) is 77.3 Å². The Balaban J connectivity index is 1.18. The summed E-state index contributed by atoms with van der Waals surface area (Å²) < 4.78 is 12.3. The van der Waals surface area contributed by atoms with Crippen molar-refractivity contribution in [3.8, 4) is 22.8 Å². The molecule has 1 aromatic heterocycles. The number of hydrogen-bond donors (Lipinski definition) is 2. The first kappa shape index (κ1) is 29.0. The van der Waals surface area contributed by atoms with E-state index in [1.807, 2.05) is 60.8 Å². The smallest absolute Gasteiger partial charge is 0.271 e. The zero-order valence-corrected chi connectivity index (χ0v) is 25.8. The highest BCUT2D eigenvalue weighted by molar-refractivity contribution is 9.10. The molecular formula is C33H29BrN4O3S. The molecule has 9 heteroatoms. The molecule has 0 radical (unpaired) electrons. The van der Waals surface area contributed by atoms with E-state index in [4.69, 9.17) is 9.47 Å². The van der Waals surface area contributed by atoms with Gasteiger partial charge < -0.3 is 14.8 Å². The number of aryl methyl sites for hydroxylation is 2. The van der Waals surface area contributed by atoms with Crippen LogP contribution in [-0.4, -0.2) is 24.2 Å². The van der Waals surface area contributed by atoms with Gasteiger partial charge in [0.1, 0.15) is 6.61 Å². The highest BCUT2D eigenvalue weighted by atomic mass is 79.9. The number of carbonyl (C=O) groups is 1. The predicted octanol–water partition coefficient (Wildman–Crippen LogP) is 8.28. The number of amides is 1. The standard InChI is InChI=1S/C33H29BrN4O3S/c1-21-7-13-27(14-8-21)36-33-37-29(20-42-33)25-9-11-26(12-10-25)32(39)38-35-18-24-16-28(34)31(30(17-24)40-3)41-19-23-6-4-5-22(2)15-23/h4-18,20H,19H2,1-3H3,(H,36,37)(H,38,39)/b35-18-. The van der Waals surface area contributed by atoms with Gasteiger partial charge in [-0.25, -0.2) is 10.4 Å². The molecule has 0 fully saturated rings. The van der Waals surface area contributed by atoms with Gasteiger partial charge in [0, 0.05) is 22.2 Å². The van der Waals surface area contributed by atoms with Crippen LogP contribution in [0.5, 0.6) is 11.5 Å². The first-order chi connectivity index (χ1) is 20.4. The number of aromatic nitrogens is 1. The van der Waals surface area contributed by atoms with Gasteiger partial charge in [0.15, 0.2) is 16.6 Å². The van der Waals surface area contributed by atoms with Crippen LogP contribution in [0, 0.1) is 13.8 Å². The largest absolute Gasteiger partial charge is 0.493 e. The number of hydrogen-bond acceptors (Lipinski definition) is 7. The predicted molar refractivity (Wildman–Crippen MR) is 173 cm³/mol. The van der Waals surface area contributed by atoms with Gasteiger partial charge in [0.25, 0.3) is 5.91 Å². The molecule has 0 saturated heterocycles. The van der Waals surface area contributed by atoms with Gasteiger partial charge in [-0.15, -0.1) is 11.3 Å². The molecule has 0 aliphatic carbocycles. The quantitative estimate of drug-likeness (QED) is 0.118. The molecule has 0 aliphatic rings. The van der Waals surface area contributed by atoms with E-state index in [0.29, 0.717) is 23.7 Å². The number of methoxy groups -OCH3 is 1. The summed E-state index contributed by atoms with van der Waals surface area (Å²) >= 11 is 5.10. The van der Waals surface area contributed by atoms with Crippen molar-refractivity contribution in [2.45, 2.75) is 20.5 Å². The zero-order chi connectivity index (χ0) is 29.5. The number of anilines is 2. The van der Waals surface area contributed by atoms with E-state index >= 15 is 0 Å². The fourth-order valence-electron chi connectivity index (χ4n) is 4.16. The summed E-state index contributed by atoms with van der Waals surface area (Å²) in [6, 6.07) is 27.2. The Morgan fingerprint density at radius 1 is 1.00 bits per heavy atom. The summed E-state index contributed by atoms with van der Waals surface area (Å²) in [5.74, 6) is 0.833. The lowest BCUT2D eigenvalue weighted by molar-refractivity contribution is 0.0955. The fraction of sp³-hybridized carbons (Fsp3) is 0.121. The maximum atomic E-state index is 12.7. The van der Waals surface area contributed by atoms with Crippen molar-refractivity contribution in [3.05, 3.63) is 123 Å². The number of nitrogens with one attached hydrogen (secondary N) is 2. The number of thiazole rings is 1. The van der Waals surface area contributed by atoms with Crippen LogP contribution >= 0.6 is 27.3 Å². The van der Waals surface area contributed by atoms with Gasteiger partial charge in [0.05, 0.1) is 23.5 Å². The first-order valence-electron chi connectivity index (χ1n) is 13.2. The van der Waals surface area contributed by atoms with Crippen molar-refractivity contribution in [1.82, 2.24) is 10.4 Å². The number of ether oxygens (including phenoxy) is 2. The molecule has 212 valence electrons. The van der Waals surface area contributed by atoms with E-state index in [0.717, 1.165) is 37.7 Å². The zero-order valence-electron chi connectivity index (χ0n) is 23.4. The van der Waals surface area contributed by atoms with Crippen LogP contribution < -0.4 is 20.2 Å². The third-order valence-electron chi connectivity index (χ3n) is 6.35. The molecule has 1 amide bonds. The van der Waals surface area contributed by atoms with Crippen LogP contribution in [0.25, 0.3) is 11.3 Å². The Hall–Kier alpha value is -4.47. The van der Waals surface area contributed by atoms with Crippen LogP contribution in [0.1, 0.15) is 32.6 Å². The van der Waals surface area contributed by atoms with Crippen molar-refractivity contribution in [2.75, 3.05) is 12.4 Å². The molecule has 7 nitrogen and oxygen atoms in total. The van der Waals surface area contributed by atoms with Crippen LogP contribution in [0.4, 0.5) is 10.8 Å². The Bertz CT molecular complexity index is 1720. The molecule has 1 heterocycles. The Morgan fingerprint density at radius 2 is 1.79 bits per heavy atom. The van der Waals surface area contributed by atoms with Crippen molar-refractivity contribution in [1.29, 1.82) is 0 Å². The maximum Gasteiger partial charge on any atom is 0.271 e. The summed E-state index contributed by atoms with van der Waals surface area (Å²) in [6.07, 6.45) is 1.56. The molecule has 0 atom stereocenters. The molecule has 5 aromatic rings. The average molecular weight is 642 g/mol. The van der Waals surface area contributed by atoms with Crippen LogP contribution in [0.3, 0.4) is 0 Å². The molecular weight excluding hydrogens is 612 g/mol. The molecule has 0 bridgehead atoms. The van der Waals surface area contributed by atoms with E-state index in [1.54, 1.807) is 31.5 Å². The number of carbonyl (C=O) groups excluding carboxylic acids is 1. The summed E-state index contributed by atoms with van der Waals surface area (Å²) in [5.41, 5.74) is 10.00. The van der Waals surface area contributed by atoms with E-state index in [9.17, 15) is 4.79 Å². The summed E-state index contributed by atoms with van der Waals surface area (Å²) in [4.78, 5) is 17.4. The lowest BCUT2D eigenvalue weighted by Gasteiger charge is -2.14. The number of hydrazone groups is 1. The van der Waals surface area contributed by atoms with Gasteiger partial charge in [-0.1, -0.05) is 59.7 Å². The van der Waals surface area contributed by atoms with Crippen molar-refractivity contribution >= 4 is 50.2 Å². The molecule has 0 unspecified atom stereocenters. The topological polar surface area (TPSA) is 84.8 Å². The van der Waals surface area contributed by atoms with E-state index in [-0.39, 0.29) is 5.91 Å². The highest BCUT2D eigenvalue weighted by Gasteiger charge is 2.12. The van der Waals surface area contributed by atoms with Gasteiger partial charge in [0.2, 0.25) is 0 Å². The Labute approximate surface area is 257 Å². The lowest BCUT2D eigenvalue weighted by atomic mass is 10.1. The van der Waals surface area contributed by atoms with Gasteiger partial charge in [-0.3, -0.25) is 4.79 Å². The van der Waals surface area contributed by atoms with Crippen LogP contribution in [-0.2, 0) is 6.61 Å². The van der Waals surface area contributed by atoms with Gasteiger partial charge in [-0.2, -0.15) is 5.10 Å². The molecule has 0 saturated carbocycles. The molecule has 5 rings (SSSR count). The SMILES string of the molecule is COc1cc(/C=N\NC(=O)c2ccc(-c3csc(Nc4ccc(C)cc4)n3)cc2)cc(Br)c1OCc1cccc(C)c1. The third kappa shape index (κ3) is 7.43. The third-order valence-corrected chi connectivity index (χ3v) is 7.69. The van der Waals surface area contributed by atoms with Crippen molar-refractivity contribution < 1.29 is 14.3 Å². The normalized spacial score (nSPS) is 11.0. The van der Waals surface area contributed by atoms with E-state index in [1.165, 1.54) is 22.5 Å². The fourth-order valence-corrected chi connectivity index (χ4v) is 5.47. The number of rotatable bonds is 10. The summed E-state index contributed by atoms with van der Waals surface area (Å²) in [5, 5.41) is 10.3. The summed E-state index contributed by atoms with van der Waals surface area (Å²) in [6.45, 7) is 4.51. The molecule has 0 aliphatic heterocycles. The monoisotopic (exact) mass is 640 g/mol. The molecule has 4 aromatic carbocycles. The molecule has 42 heavy (non-hydrogen) atoms. The van der Waals surface area contributed by atoms with Gasteiger partial charge >= 0.3 is 0 Å². The number of halogens is 1. The molecule has 0 spiro atoms. The van der Waals surface area contributed by atoms with Crippen molar-refractivity contribution in [3.63, 3.8) is 0 Å². The van der Waals surface area contributed by atoms with E-state index in [2.05, 4.69) is 61.9 Å². The minimum Gasteiger partial charge on any atom is -0.493 e.